The van der Waals surface area contributed by atoms with Gasteiger partial charge in [0, 0.05) is 30.6 Å². The van der Waals surface area contributed by atoms with Crippen LogP contribution in [-0.2, 0) is 9.59 Å². The molecule has 2 heterocycles. The smallest absolute Gasteiger partial charge is 0.249 e. The van der Waals surface area contributed by atoms with Crippen LogP contribution in [0.5, 0.6) is 0 Å². The molecule has 7 nitrogen and oxygen atoms in total. The van der Waals surface area contributed by atoms with E-state index < -0.39 is 0 Å². The molecule has 3 rings (SSSR count). The molecule has 0 aliphatic carbocycles. The van der Waals surface area contributed by atoms with Crippen molar-refractivity contribution in [3.8, 4) is 11.4 Å². The highest BCUT2D eigenvalue weighted by Gasteiger charge is 2.33. The minimum atomic E-state index is -0.269. The van der Waals surface area contributed by atoms with Crippen LogP contribution in [0.2, 0.25) is 5.02 Å². The minimum Gasteiger partial charge on any atom is -0.337 e. The maximum atomic E-state index is 13.1. The first kappa shape index (κ1) is 24.2. The third-order valence-electron chi connectivity index (χ3n) is 5.93. The molecule has 0 radical (unpaired) electrons. The number of unbranched alkanes of at least 4 members (excludes halogenated alkanes) is 4. The molecule has 1 saturated heterocycles. The molecular weight excluding hydrogens is 428 g/mol. The van der Waals surface area contributed by atoms with Gasteiger partial charge in [-0.3, -0.25) is 9.59 Å². The number of piperidine rings is 1. The maximum Gasteiger partial charge on any atom is 0.249 e. The van der Waals surface area contributed by atoms with E-state index >= 15 is 0 Å². The van der Waals surface area contributed by atoms with Crippen LogP contribution in [-0.4, -0.2) is 51.9 Å². The second-order valence-electron chi connectivity index (χ2n) is 8.48. The number of carbonyl (C=O) groups is 2. The van der Waals surface area contributed by atoms with Crippen LogP contribution in [0.3, 0.4) is 0 Å². The molecular formula is C24H33ClN4O3. The van der Waals surface area contributed by atoms with Crippen LogP contribution in [0.25, 0.3) is 11.4 Å². The summed E-state index contributed by atoms with van der Waals surface area (Å²) in [4.78, 5) is 33.4. The van der Waals surface area contributed by atoms with E-state index in [1.54, 1.807) is 29.0 Å². The number of carbonyl (C=O) groups excluding carboxylic acids is 2. The van der Waals surface area contributed by atoms with Crippen LogP contribution in [0.4, 0.5) is 0 Å². The van der Waals surface area contributed by atoms with E-state index in [2.05, 4.69) is 17.1 Å². The summed E-state index contributed by atoms with van der Waals surface area (Å²) in [6.45, 7) is 2.86. The molecule has 8 heteroatoms. The third kappa shape index (κ3) is 6.55. The lowest BCUT2D eigenvalue weighted by Crippen LogP contribution is -2.44. The Morgan fingerprint density at radius 1 is 1.22 bits per heavy atom. The number of aromatic nitrogens is 2. The molecule has 0 N–H and O–H groups in total. The fourth-order valence-electron chi connectivity index (χ4n) is 4.05. The number of amides is 2. The summed E-state index contributed by atoms with van der Waals surface area (Å²) in [6.07, 6.45) is 8.63. The molecule has 32 heavy (non-hydrogen) atoms. The van der Waals surface area contributed by atoms with Crippen LogP contribution >= 0.6 is 11.6 Å². The molecule has 1 aromatic heterocycles. The van der Waals surface area contributed by atoms with Gasteiger partial charge in [-0.1, -0.05) is 61.5 Å². The lowest BCUT2D eigenvalue weighted by atomic mass is 10.0. The summed E-state index contributed by atoms with van der Waals surface area (Å²) in [7, 11) is 1.70. The van der Waals surface area contributed by atoms with Gasteiger partial charge in [-0.2, -0.15) is 4.98 Å². The predicted octanol–water partition coefficient (Wildman–Crippen LogP) is 5.26. The van der Waals surface area contributed by atoms with Crippen molar-refractivity contribution in [2.24, 2.45) is 0 Å². The normalized spacial score (nSPS) is 16.2. The molecule has 1 aromatic carbocycles. The number of hydrogen-bond donors (Lipinski definition) is 0. The summed E-state index contributed by atoms with van der Waals surface area (Å²) in [5, 5.41) is 4.69. The molecule has 2 aromatic rings. The summed E-state index contributed by atoms with van der Waals surface area (Å²) in [6, 6.07) is 7.00. The van der Waals surface area contributed by atoms with Crippen molar-refractivity contribution < 1.29 is 14.1 Å². The third-order valence-corrected chi connectivity index (χ3v) is 6.16. The second kappa shape index (κ2) is 12.0. The number of rotatable bonds is 10. The molecule has 1 aliphatic heterocycles. The zero-order chi connectivity index (χ0) is 22.9. The van der Waals surface area contributed by atoms with Gasteiger partial charge in [0.2, 0.25) is 23.5 Å². The largest absolute Gasteiger partial charge is 0.337 e. The van der Waals surface area contributed by atoms with E-state index in [0.29, 0.717) is 29.7 Å². The average molecular weight is 461 g/mol. The Morgan fingerprint density at radius 2 is 2.03 bits per heavy atom. The summed E-state index contributed by atoms with van der Waals surface area (Å²) in [5.74, 6) is 0.817. The number of likely N-dealkylation sites (N-methyl/N-ethyl adjacent to an activating group) is 1. The van der Waals surface area contributed by atoms with Crippen LogP contribution in [0, 0.1) is 0 Å². The monoisotopic (exact) mass is 460 g/mol. The van der Waals surface area contributed by atoms with E-state index in [-0.39, 0.29) is 24.4 Å². The van der Waals surface area contributed by atoms with E-state index in [9.17, 15) is 9.59 Å². The number of halogens is 1. The SMILES string of the molecule is CCCCCCCC(=O)N(C)CC(=O)N1CCCCC1c1nc(-c2cccc(Cl)c2)no1. The van der Waals surface area contributed by atoms with E-state index in [1.165, 1.54) is 12.8 Å². The molecule has 0 spiro atoms. The molecule has 0 bridgehead atoms. The van der Waals surface area contributed by atoms with Crippen molar-refractivity contribution in [3.05, 3.63) is 35.2 Å². The van der Waals surface area contributed by atoms with Gasteiger partial charge in [-0.15, -0.1) is 0 Å². The predicted molar refractivity (Wildman–Crippen MR) is 124 cm³/mol. The summed E-state index contributed by atoms with van der Waals surface area (Å²) >= 11 is 6.07. The van der Waals surface area contributed by atoms with Gasteiger partial charge in [0.1, 0.15) is 6.04 Å². The zero-order valence-electron chi connectivity index (χ0n) is 19.1. The molecule has 2 amide bonds. The van der Waals surface area contributed by atoms with Gasteiger partial charge in [0.05, 0.1) is 6.54 Å². The lowest BCUT2D eigenvalue weighted by Gasteiger charge is -2.34. The molecule has 1 aliphatic rings. The van der Waals surface area contributed by atoms with Crippen LogP contribution in [0.15, 0.2) is 28.8 Å². The first-order valence-corrected chi connectivity index (χ1v) is 12.0. The topological polar surface area (TPSA) is 79.5 Å². The van der Waals surface area contributed by atoms with Gasteiger partial charge in [0.15, 0.2) is 0 Å². The van der Waals surface area contributed by atoms with Crippen LogP contribution in [0.1, 0.15) is 76.6 Å². The van der Waals surface area contributed by atoms with Gasteiger partial charge >= 0.3 is 0 Å². The molecule has 1 atom stereocenters. The number of likely N-dealkylation sites (tertiary alicyclic amines) is 1. The molecule has 174 valence electrons. The van der Waals surface area contributed by atoms with Crippen molar-refractivity contribution in [2.75, 3.05) is 20.1 Å². The van der Waals surface area contributed by atoms with Gasteiger partial charge in [0.25, 0.3) is 0 Å². The van der Waals surface area contributed by atoms with Gasteiger partial charge in [-0.25, -0.2) is 0 Å². The Bertz CT molecular complexity index is 901. The first-order valence-electron chi connectivity index (χ1n) is 11.6. The minimum absolute atomic E-state index is 0.0180. The summed E-state index contributed by atoms with van der Waals surface area (Å²) in [5.41, 5.74) is 0.769. The maximum absolute atomic E-state index is 13.1. The van der Waals surface area contributed by atoms with Crippen LogP contribution < -0.4 is 0 Å². The first-order chi connectivity index (χ1) is 15.5. The Labute approximate surface area is 195 Å². The fraction of sp³-hybridized carbons (Fsp3) is 0.583. The quantitative estimate of drug-likeness (QED) is 0.451. The fourth-order valence-corrected chi connectivity index (χ4v) is 4.25. The Balaban J connectivity index is 1.60. The van der Waals surface area contributed by atoms with Crippen molar-refractivity contribution in [2.45, 2.75) is 70.8 Å². The molecule has 1 fully saturated rings. The van der Waals surface area contributed by atoms with Crippen molar-refractivity contribution in [1.29, 1.82) is 0 Å². The van der Waals surface area contributed by atoms with E-state index in [4.69, 9.17) is 16.1 Å². The van der Waals surface area contributed by atoms with Gasteiger partial charge < -0.3 is 14.3 Å². The number of hydrogen-bond acceptors (Lipinski definition) is 5. The lowest BCUT2D eigenvalue weighted by molar-refractivity contribution is -0.142. The van der Waals surface area contributed by atoms with Crippen molar-refractivity contribution in [1.82, 2.24) is 19.9 Å². The Kier molecular flexibility index (Phi) is 9.09. The van der Waals surface area contributed by atoms with Crippen molar-refractivity contribution >= 4 is 23.4 Å². The molecule has 0 saturated carbocycles. The Morgan fingerprint density at radius 3 is 2.81 bits per heavy atom. The van der Waals surface area contributed by atoms with Gasteiger partial charge in [-0.05, 0) is 37.8 Å². The van der Waals surface area contributed by atoms with Crippen molar-refractivity contribution in [3.63, 3.8) is 0 Å². The summed E-state index contributed by atoms with van der Waals surface area (Å²) < 4.78 is 5.54. The highest BCUT2D eigenvalue weighted by atomic mass is 35.5. The Hall–Kier alpha value is -2.41. The highest BCUT2D eigenvalue weighted by molar-refractivity contribution is 6.30. The van der Waals surface area contributed by atoms with E-state index in [0.717, 1.165) is 44.1 Å². The highest BCUT2D eigenvalue weighted by Crippen LogP contribution is 2.31. The standard InChI is InChI=1S/C24H33ClN4O3/c1-3-4-5-6-7-14-21(30)28(2)17-22(31)29-15-9-8-13-20(29)24-26-23(27-32-24)18-11-10-12-19(25)16-18/h10-12,16,20H,3-9,13-15,17H2,1-2H3. The molecule has 1 unspecified atom stereocenters. The second-order valence-corrected chi connectivity index (χ2v) is 8.92. The number of benzene rings is 1. The zero-order valence-corrected chi connectivity index (χ0v) is 19.8. The average Bonchev–Trinajstić information content (AvgIpc) is 3.29. The van der Waals surface area contributed by atoms with E-state index in [1.807, 2.05) is 12.1 Å². The number of nitrogens with zero attached hydrogens (tertiary/aromatic N) is 4.